The zero-order valence-electron chi connectivity index (χ0n) is 7.40. The zero-order valence-corrected chi connectivity index (χ0v) is 7.40. The minimum atomic E-state index is -4.49. The number of alkyl halides is 3. The molecule has 1 aromatic rings. The Morgan fingerprint density at radius 2 is 1.86 bits per heavy atom. The fourth-order valence-corrected chi connectivity index (χ4v) is 1.17. The second-order valence-corrected chi connectivity index (χ2v) is 3.02. The van der Waals surface area contributed by atoms with E-state index in [1.54, 1.807) is 0 Å². The molecule has 0 aliphatic carbocycles. The number of benzene rings is 1. The Bertz CT molecular complexity index is 330. The highest BCUT2D eigenvalue weighted by molar-refractivity contribution is 5.32. The third-order valence-corrected chi connectivity index (χ3v) is 1.81. The van der Waals surface area contributed by atoms with Crippen LogP contribution in [0.1, 0.15) is 24.1 Å². The van der Waals surface area contributed by atoms with E-state index in [0.29, 0.717) is 6.07 Å². The molecule has 1 aromatic carbocycles. The third-order valence-electron chi connectivity index (χ3n) is 1.81. The van der Waals surface area contributed by atoms with Crippen LogP contribution in [-0.4, -0.2) is 0 Å². The minimum Gasteiger partial charge on any atom is -0.324 e. The monoisotopic (exact) mass is 207 g/mol. The van der Waals surface area contributed by atoms with Crippen LogP contribution in [0.3, 0.4) is 0 Å². The molecule has 0 saturated carbocycles. The summed E-state index contributed by atoms with van der Waals surface area (Å²) in [5.74, 6) is -0.717. The Morgan fingerprint density at radius 1 is 1.29 bits per heavy atom. The summed E-state index contributed by atoms with van der Waals surface area (Å²) in [5, 5.41) is 0. The lowest BCUT2D eigenvalue weighted by Gasteiger charge is -2.15. The minimum absolute atomic E-state index is 0.225. The van der Waals surface area contributed by atoms with Crippen molar-refractivity contribution >= 4 is 0 Å². The fraction of sp³-hybridized carbons (Fsp3) is 0.333. The van der Waals surface area contributed by atoms with Crippen molar-refractivity contribution in [2.75, 3.05) is 0 Å². The van der Waals surface area contributed by atoms with Crippen molar-refractivity contribution in [1.82, 2.24) is 0 Å². The molecule has 0 fully saturated rings. The van der Waals surface area contributed by atoms with Crippen LogP contribution in [0.4, 0.5) is 17.6 Å². The molecule has 2 N–H and O–H groups in total. The molecule has 5 heteroatoms. The van der Waals surface area contributed by atoms with E-state index in [0.717, 1.165) is 12.1 Å². The van der Waals surface area contributed by atoms with E-state index in [1.165, 1.54) is 6.92 Å². The molecule has 1 unspecified atom stereocenters. The summed E-state index contributed by atoms with van der Waals surface area (Å²) in [6, 6.07) is 1.44. The molecule has 1 nitrogen and oxygen atoms in total. The van der Waals surface area contributed by atoms with Crippen LogP contribution in [0.15, 0.2) is 18.2 Å². The van der Waals surface area contributed by atoms with E-state index in [2.05, 4.69) is 0 Å². The lowest BCUT2D eigenvalue weighted by atomic mass is 10.0. The number of hydrogen-bond donors (Lipinski definition) is 1. The molecule has 0 amide bonds. The van der Waals surface area contributed by atoms with Gasteiger partial charge in [0.1, 0.15) is 5.82 Å². The smallest absolute Gasteiger partial charge is 0.324 e. The van der Waals surface area contributed by atoms with Gasteiger partial charge in [-0.15, -0.1) is 0 Å². The average Bonchev–Trinajstić information content (AvgIpc) is 2.01. The third kappa shape index (κ3) is 2.23. The van der Waals surface area contributed by atoms with Crippen LogP contribution < -0.4 is 5.73 Å². The Hall–Kier alpha value is -1.10. The van der Waals surface area contributed by atoms with E-state index in [1.807, 2.05) is 0 Å². The van der Waals surface area contributed by atoms with Crippen molar-refractivity contribution in [2.24, 2.45) is 5.73 Å². The summed E-state index contributed by atoms with van der Waals surface area (Å²) in [6.45, 7) is 1.38. The lowest BCUT2D eigenvalue weighted by molar-refractivity contribution is -0.138. The summed E-state index contributed by atoms with van der Waals surface area (Å²) < 4.78 is 49.8. The molecule has 0 aliphatic heterocycles. The molecule has 0 spiro atoms. The second-order valence-electron chi connectivity index (χ2n) is 3.02. The van der Waals surface area contributed by atoms with Crippen LogP contribution in [-0.2, 0) is 6.18 Å². The van der Waals surface area contributed by atoms with Gasteiger partial charge in [0, 0.05) is 6.04 Å². The summed E-state index contributed by atoms with van der Waals surface area (Å²) in [7, 11) is 0. The van der Waals surface area contributed by atoms with Crippen molar-refractivity contribution in [2.45, 2.75) is 19.1 Å². The van der Waals surface area contributed by atoms with Crippen LogP contribution >= 0.6 is 0 Å². The van der Waals surface area contributed by atoms with Crippen molar-refractivity contribution in [1.29, 1.82) is 0 Å². The number of rotatable bonds is 1. The molecule has 0 aliphatic rings. The standard InChI is InChI=1S/C9H9F4N/c1-5(14)7-4-6(10)2-3-8(7)9(11,12)13/h2-5H,14H2,1H3. The van der Waals surface area contributed by atoms with Gasteiger partial charge in [-0.25, -0.2) is 4.39 Å². The summed E-state index contributed by atoms with van der Waals surface area (Å²) in [4.78, 5) is 0. The molecule has 0 saturated heterocycles. The zero-order chi connectivity index (χ0) is 10.9. The maximum absolute atomic E-state index is 12.7. The van der Waals surface area contributed by atoms with E-state index >= 15 is 0 Å². The molecular formula is C9H9F4N. The Morgan fingerprint density at radius 3 is 2.29 bits per heavy atom. The summed E-state index contributed by atoms with van der Waals surface area (Å²) in [6.07, 6.45) is -4.49. The first-order valence-electron chi connectivity index (χ1n) is 3.94. The Labute approximate surface area is 78.5 Å². The second kappa shape index (κ2) is 3.57. The Balaban J connectivity index is 3.29. The Kier molecular flexibility index (Phi) is 2.80. The fourth-order valence-electron chi connectivity index (χ4n) is 1.17. The predicted molar refractivity (Wildman–Crippen MR) is 44.0 cm³/mol. The highest BCUT2D eigenvalue weighted by atomic mass is 19.4. The van der Waals surface area contributed by atoms with E-state index in [-0.39, 0.29) is 5.56 Å². The number of nitrogens with two attached hydrogens (primary N) is 1. The molecule has 0 aromatic heterocycles. The van der Waals surface area contributed by atoms with Gasteiger partial charge in [0.2, 0.25) is 0 Å². The first-order valence-corrected chi connectivity index (χ1v) is 3.94. The topological polar surface area (TPSA) is 26.0 Å². The quantitative estimate of drug-likeness (QED) is 0.704. The van der Waals surface area contributed by atoms with Crippen LogP contribution in [0.25, 0.3) is 0 Å². The van der Waals surface area contributed by atoms with Crippen molar-refractivity contribution in [3.63, 3.8) is 0 Å². The maximum Gasteiger partial charge on any atom is 0.416 e. The molecule has 0 bridgehead atoms. The maximum atomic E-state index is 12.7. The van der Waals surface area contributed by atoms with Gasteiger partial charge >= 0.3 is 6.18 Å². The first kappa shape index (κ1) is 11.0. The highest BCUT2D eigenvalue weighted by Crippen LogP contribution is 2.34. The summed E-state index contributed by atoms with van der Waals surface area (Å²) >= 11 is 0. The van der Waals surface area contributed by atoms with E-state index in [9.17, 15) is 17.6 Å². The molecule has 14 heavy (non-hydrogen) atoms. The predicted octanol–water partition coefficient (Wildman–Crippen LogP) is 2.86. The van der Waals surface area contributed by atoms with Gasteiger partial charge in [0.05, 0.1) is 5.56 Å². The molecule has 0 heterocycles. The van der Waals surface area contributed by atoms with Gasteiger partial charge in [0.25, 0.3) is 0 Å². The average molecular weight is 207 g/mol. The van der Waals surface area contributed by atoms with Gasteiger partial charge in [-0.1, -0.05) is 0 Å². The molecule has 0 radical (unpaired) electrons. The molecular weight excluding hydrogens is 198 g/mol. The van der Waals surface area contributed by atoms with Gasteiger partial charge in [0.15, 0.2) is 0 Å². The number of halogens is 4. The SMILES string of the molecule is CC(N)c1cc(F)ccc1C(F)(F)F. The van der Waals surface area contributed by atoms with E-state index in [4.69, 9.17) is 5.73 Å². The van der Waals surface area contributed by atoms with Gasteiger partial charge in [-0.3, -0.25) is 0 Å². The van der Waals surface area contributed by atoms with Crippen LogP contribution in [0, 0.1) is 5.82 Å². The highest BCUT2D eigenvalue weighted by Gasteiger charge is 2.34. The molecule has 1 atom stereocenters. The lowest BCUT2D eigenvalue weighted by Crippen LogP contribution is -2.15. The van der Waals surface area contributed by atoms with Crippen molar-refractivity contribution < 1.29 is 17.6 Å². The van der Waals surface area contributed by atoms with Crippen molar-refractivity contribution in [3.05, 3.63) is 35.1 Å². The van der Waals surface area contributed by atoms with Gasteiger partial charge < -0.3 is 5.73 Å². The van der Waals surface area contributed by atoms with E-state index < -0.39 is 23.6 Å². The first-order chi connectivity index (χ1) is 6.32. The molecule has 78 valence electrons. The normalized spacial score (nSPS) is 14.1. The summed E-state index contributed by atoms with van der Waals surface area (Å²) in [5.41, 5.74) is 4.21. The molecule has 1 rings (SSSR count). The van der Waals surface area contributed by atoms with Gasteiger partial charge in [-0.05, 0) is 30.7 Å². The van der Waals surface area contributed by atoms with Gasteiger partial charge in [-0.2, -0.15) is 13.2 Å². The largest absolute Gasteiger partial charge is 0.416 e. The van der Waals surface area contributed by atoms with Crippen LogP contribution in [0.5, 0.6) is 0 Å². The van der Waals surface area contributed by atoms with Crippen molar-refractivity contribution in [3.8, 4) is 0 Å². The van der Waals surface area contributed by atoms with Crippen LogP contribution in [0.2, 0.25) is 0 Å². The number of hydrogen-bond acceptors (Lipinski definition) is 1.